The van der Waals surface area contributed by atoms with E-state index in [9.17, 15) is 9.59 Å². The topological polar surface area (TPSA) is 83.4 Å². The first-order chi connectivity index (χ1) is 12.5. The normalized spacial score (nSPS) is 15.2. The Morgan fingerprint density at radius 1 is 1.15 bits per heavy atom. The zero-order valence-electron chi connectivity index (χ0n) is 14.1. The van der Waals surface area contributed by atoms with Crippen molar-refractivity contribution in [2.45, 2.75) is 6.92 Å². The molecule has 2 amide bonds. The third-order valence-corrected chi connectivity index (χ3v) is 4.19. The lowest BCUT2D eigenvalue weighted by Crippen LogP contribution is -2.33. The third kappa shape index (κ3) is 3.65. The fourth-order valence-electron chi connectivity index (χ4n) is 2.26. The van der Waals surface area contributed by atoms with Crippen molar-refractivity contribution in [3.05, 3.63) is 58.6 Å². The van der Waals surface area contributed by atoms with Crippen LogP contribution in [0.1, 0.15) is 17.3 Å². The van der Waals surface area contributed by atoms with Crippen LogP contribution in [0.15, 0.2) is 63.2 Å². The molecule has 0 aliphatic carbocycles. The maximum absolute atomic E-state index is 12.5. The van der Waals surface area contributed by atoms with Crippen molar-refractivity contribution in [3.63, 3.8) is 0 Å². The lowest BCUT2D eigenvalue weighted by atomic mass is 10.2. The highest BCUT2D eigenvalue weighted by Gasteiger charge is 2.34. The number of benzene rings is 2. The summed E-state index contributed by atoms with van der Waals surface area (Å²) in [6, 6.07) is 13.8. The van der Waals surface area contributed by atoms with Gasteiger partial charge in [0.25, 0.3) is 5.91 Å². The average molecular weight is 415 g/mol. The molecule has 7 nitrogen and oxygen atoms in total. The van der Waals surface area contributed by atoms with Gasteiger partial charge in [0.05, 0.1) is 18.5 Å². The van der Waals surface area contributed by atoms with Crippen LogP contribution < -0.4 is 10.2 Å². The quantitative estimate of drug-likeness (QED) is 0.614. The molecule has 132 valence electrons. The Bertz CT molecular complexity index is 905. The molecule has 0 bridgehead atoms. The number of methoxy groups -OCH3 is 1. The van der Waals surface area contributed by atoms with E-state index in [0.717, 1.165) is 9.48 Å². The summed E-state index contributed by atoms with van der Waals surface area (Å²) >= 11 is 3.35. The van der Waals surface area contributed by atoms with Gasteiger partial charge in [0.15, 0.2) is 5.71 Å². The fraction of sp³-hybridized carbons (Fsp3) is 0.111. The van der Waals surface area contributed by atoms with Gasteiger partial charge in [-0.25, -0.2) is 0 Å². The van der Waals surface area contributed by atoms with Crippen LogP contribution in [0.25, 0.3) is 0 Å². The summed E-state index contributed by atoms with van der Waals surface area (Å²) in [6.45, 7) is 1.63. The van der Waals surface area contributed by atoms with Crippen molar-refractivity contribution >= 4 is 44.9 Å². The number of nitrogens with zero attached hydrogens (tertiary/aromatic N) is 3. The molecule has 0 unspecified atom stereocenters. The number of ether oxygens (including phenoxy) is 1. The van der Waals surface area contributed by atoms with Gasteiger partial charge in [-0.3, -0.25) is 15.0 Å². The molecule has 3 rings (SSSR count). The van der Waals surface area contributed by atoms with Gasteiger partial charge in [-0.2, -0.15) is 15.2 Å². The van der Waals surface area contributed by atoms with E-state index in [0.29, 0.717) is 22.7 Å². The second-order valence-corrected chi connectivity index (χ2v) is 6.33. The third-order valence-electron chi connectivity index (χ3n) is 3.66. The first-order valence-electron chi connectivity index (χ1n) is 7.67. The summed E-state index contributed by atoms with van der Waals surface area (Å²) in [6.07, 6.45) is 0. The summed E-state index contributed by atoms with van der Waals surface area (Å²) in [5.74, 6) is -0.478. The Balaban J connectivity index is 1.77. The minimum atomic E-state index is -0.576. The maximum Gasteiger partial charge on any atom is 0.303 e. The smallest absolute Gasteiger partial charge is 0.303 e. The van der Waals surface area contributed by atoms with E-state index in [1.54, 1.807) is 43.3 Å². The Hall–Kier alpha value is -3.00. The standard InChI is InChI=1S/C18H15BrN4O3/c1-11-16(21-20-14-7-5-13(19)6-8-14)18(25)23(22-11)17(24)12-3-9-15(26-2)10-4-12/h3-10,20H,1-2H3. The van der Waals surface area contributed by atoms with E-state index in [1.807, 2.05) is 12.1 Å². The number of imide groups is 1. The molecule has 0 saturated heterocycles. The number of halogens is 1. The Kier molecular flexibility index (Phi) is 5.13. The highest BCUT2D eigenvalue weighted by atomic mass is 79.9. The van der Waals surface area contributed by atoms with E-state index in [-0.39, 0.29) is 5.71 Å². The van der Waals surface area contributed by atoms with Gasteiger partial charge in [0, 0.05) is 10.0 Å². The summed E-state index contributed by atoms with van der Waals surface area (Å²) in [7, 11) is 1.54. The maximum atomic E-state index is 12.5. The second kappa shape index (κ2) is 7.49. The molecule has 8 heteroatoms. The highest BCUT2D eigenvalue weighted by molar-refractivity contribution is 9.10. The van der Waals surface area contributed by atoms with Gasteiger partial charge in [0.2, 0.25) is 0 Å². The van der Waals surface area contributed by atoms with Crippen molar-refractivity contribution in [3.8, 4) is 5.75 Å². The Morgan fingerprint density at radius 2 is 1.81 bits per heavy atom. The Morgan fingerprint density at radius 3 is 2.42 bits per heavy atom. The number of rotatable bonds is 4. The molecule has 26 heavy (non-hydrogen) atoms. The minimum Gasteiger partial charge on any atom is -0.497 e. The first-order valence-corrected chi connectivity index (χ1v) is 8.46. The summed E-state index contributed by atoms with van der Waals surface area (Å²) < 4.78 is 5.99. The lowest BCUT2D eigenvalue weighted by molar-refractivity contribution is -0.121. The van der Waals surface area contributed by atoms with Crippen LogP contribution in [0.2, 0.25) is 0 Å². The molecule has 0 atom stereocenters. The molecule has 2 aromatic carbocycles. The second-order valence-electron chi connectivity index (χ2n) is 5.42. The van der Waals surface area contributed by atoms with Crippen LogP contribution in [0.5, 0.6) is 5.75 Å². The van der Waals surface area contributed by atoms with E-state index >= 15 is 0 Å². The first kappa shape index (κ1) is 17.8. The monoisotopic (exact) mass is 414 g/mol. The van der Waals surface area contributed by atoms with Crippen LogP contribution in [-0.2, 0) is 4.79 Å². The zero-order valence-corrected chi connectivity index (χ0v) is 15.6. The van der Waals surface area contributed by atoms with Gasteiger partial charge in [-0.1, -0.05) is 15.9 Å². The van der Waals surface area contributed by atoms with Crippen molar-refractivity contribution in [1.82, 2.24) is 5.01 Å². The van der Waals surface area contributed by atoms with Crippen LogP contribution in [0, 0.1) is 0 Å². The molecule has 1 heterocycles. The number of hydrazone groups is 2. The van der Waals surface area contributed by atoms with Gasteiger partial charge in [0.1, 0.15) is 5.75 Å². The number of amides is 2. The van der Waals surface area contributed by atoms with Crippen LogP contribution in [0.3, 0.4) is 0 Å². The van der Waals surface area contributed by atoms with Crippen LogP contribution in [-0.4, -0.2) is 35.4 Å². The molecule has 0 aromatic heterocycles. The number of hydrogen-bond acceptors (Lipinski definition) is 6. The number of carbonyl (C=O) groups excluding carboxylic acids is 2. The predicted molar refractivity (Wildman–Crippen MR) is 102 cm³/mol. The fourth-order valence-corrected chi connectivity index (χ4v) is 2.53. The summed E-state index contributed by atoms with van der Waals surface area (Å²) in [5, 5.41) is 8.95. The molecule has 0 radical (unpaired) electrons. The zero-order chi connectivity index (χ0) is 18.7. The Labute approximate surface area is 158 Å². The number of nitrogens with one attached hydrogen (secondary N) is 1. The predicted octanol–water partition coefficient (Wildman–Crippen LogP) is 3.28. The highest BCUT2D eigenvalue weighted by Crippen LogP contribution is 2.17. The molecule has 2 aromatic rings. The molecule has 0 saturated carbocycles. The molecule has 1 aliphatic rings. The van der Waals surface area contributed by atoms with E-state index in [4.69, 9.17) is 4.74 Å². The van der Waals surface area contributed by atoms with Crippen LogP contribution in [0.4, 0.5) is 5.69 Å². The number of anilines is 1. The van der Waals surface area contributed by atoms with Gasteiger partial charge < -0.3 is 4.74 Å². The van der Waals surface area contributed by atoms with Crippen molar-refractivity contribution < 1.29 is 14.3 Å². The summed E-state index contributed by atoms with van der Waals surface area (Å²) in [5.41, 5.74) is 4.30. The lowest BCUT2D eigenvalue weighted by Gasteiger charge is -2.10. The molecular formula is C18H15BrN4O3. The largest absolute Gasteiger partial charge is 0.497 e. The van der Waals surface area contributed by atoms with Crippen molar-refractivity contribution in [2.75, 3.05) is 12.5 Å². The van der Waals surface area contributed by atoms with E-state index in [2.05, 4.69) is 31.6 Å². The van der Waals surface area contributed by atoms with Crippen molar-refractivity contribution in [2.24, 2.45) is 10.2 Å². The number of hydrogen-bond donors (Lipinski definition) is 1. The van der Waals surface area contributed by atoms with Gasteiger partial charge in [-0.05, 0) is 55.5 Å². The van der Waals surface area contributed by atoms with E-state index in [1.165, 1.54) is 7.11 Å². The van der Waals surface area contributed by atoms with Crippen LogP contribution >= 0.6 is 15.9 Å². The van der Waals surface area contributed by atoms with Crippen molar-refractivity contribution in [1.29, 1.82) is 0 Å². The average Bonchev–Trinajstić information content (AvgIpc) is 2.95. The van der Waals surface area contributed by atoms with Gasteiger partial charge in [-0.15, -0.1) is 0 Å². The van der Waals surface area contributed by atoms with E-state index < -0.39 is 11.8 Å². The molecule has 1 aliphatic heterocycles. The summed E-state index contributed by atoms with van der Waals surface area (Å²) in [4.78, 5) is 25.1. The molecular weight excluding hydrogens is 400 g/mol. The SMILES string of the molecule is COc1ccc(C(=O)N2N=C(C)C(=NNc3ccc(Br)cc3)C2=O)cc1. The minimum absolute atomic E-state index is 0.0924. The number of carbonyl (C=O) groups is 2. The molecule has 0 spiro atoms. The molecule has 1 N–H and O–H groups in total. The van der Waals surface area contributed by atoms with Gasteiger partial charge >= 0.3 is 5.91 Å². The molecule has 0 fully saturated rings.